The van der Waals surface area contributed by atoms with Gasteiger partial charge < -0.3 is 14.2 Å². The maximum absolute atomic E-state index is 5.80. The molecule has 0 bridgehead atoms. The summed E-state index contributed by atoms with van der Waals surface area (Å²) in [6, 6.07) is 5.33. The summed E-state index contributed by atoms with van der Waals surface area (Å²) >= 11 is 9.26. The average Bonchev–Trinajstić information content (AvgIpc) is 2.90. The first kappa shape index (κ1) is 12.7. The molecule has 2 aromatic heterocycles. The van der Waals surface area contributed by atoms with Crippen molar-refractivity contribution in [3.05, 3.63) is 45.7 Å². The molecule has 5 heteroatoms. The van der Waals surface area contributed by atoms with Crippen molar-refractivity contribution in [2.45, 2.75) is 19.4 Å². The molecule has 0 amide bonds. The molecule has 1 unspecified atom stereocenters. The van der Waals surface area contributed by atoms with Gasteiger partial charge in [-0.1, -0.05) is 6.92 Å². The summed E-state index contributed by atoms with van der Waals surface area (Å²) in [7, 11) is 0. The lowest BCUT2D eigenvalue weighted by Gasteiger charge is -2.14. The normalized spacial score (nSPS) is 12.9. The Hall–Kier alpha value is -0.710. The third kappa shape index (κ3) is 2.94. The Bertz CT molecular complexity index is 480. The van der Waals surface area contributed by atoms with E-state index >= 15 is 0 Å². The second-order valence-corrected chi connectivity index (χ2v) is 4.89. The van der Waals surface area contributed by atoms with Crippen LogP contribution >= 0.6 is 27.5 Å². The van der Waals surface area contributed by atoms with Crippen LogP contribution in [0.25, 0.3) is 0 Å². The standard InChI is InChI=1S/C12H13BrClNO2/c1-2-6-15-11(9-3-4-10(14)17-9)12-8(13)5-7-16-12/h3-5,7,11,15H,2,6H2,1H3. The largest absolute Gasteiger partial charge is 0.466 e. The van der Waals surface area contributed by atoms with Crippen molar-refractivity contribution in [3.8, 4) is 0 Å². The van der Waals surface area contributed by atoms with Gasteiger partial charge in [-0.25, -0.2) is 0 Å². The summed E-state index contributed by atoms with van der Waals surface area (Å²) in [5.41, 5.74) is 0. The molecule has 2 heterocycles. The van der Waals surface area contributed by atoms with Crippen LogP contribution in [0.3, 0.4) is 0 Å². The van der Waals surface area contributed by atoms with E-state index in [0.29, 0.717) is 5.22 Å². The molecule has 0 aliphatic heterocycles. The minimum Gasteiger partial charge on any atom is -0.466 e. The minimum atomic E-state index is -0.119. The van der Waals surface area contributed by atoms with Gasteiger partial charge in [-0.15, -0.1) is 0 Å². The van der Waals surface area contributed by atoms with Crippen LogP contribution in [-0.4, -0.2) is 6.54 Å². The smallest absolute Gasteiger partial charge is 0.193 e. The molecule has 1 atom stereocenters. The van der Waals surface area contributed by atoms with Crippen molar-refractivity contribution in [1.29, 1.82) is 0 Å². The Morgan fingerprint density at radius 2 is 2.24 bits per heavy atom. The summed E-state index contributed by atoms with van der Waals surface area (Å²) < 4.78 is 11.8. The number of hydrogen-bond acceptors (Lipinski definition) is 3. The third-order valence-electron chi connectivity index (χ3n) is 2.38. The quantitative estimate of drug-likeness (QED) is 0.889. The highest BCUT2D eigenvalue weighted by atomic mass is 79.9. The van der Waals surface area contributed by atoms with Crippen LogP contribution in [-0.2, 0) is 0 Å². The number of nitrogens with one attached hydrogen (secondary N) is 1. The number of halogens is 2. The molecule has 0 radical (unpaired) electrons. The van der Waals surface area contributed by atoms with Gasteiger partial charge in [-0.3, -0.25) is 0 Å². The van der Waals surface area contributed by atoms with Crippen LogP contribution in [0.5, 0.6) is 0 Å². The Morgan fingerprint density at radius 1 is 1.41 bits per heavy atom. The predicted molar refractivity (Wildman–Crippen MR) is 70.3 cm³/mol. The molecule has 0 aromatic carbocycles. The van der Waals surface area contributed by atoms with Crippen LogP contribution < -0.4 is 5.32 Å². The molecular formula is C12H13BrClNO2. The van der Waals surface area contributed by atoms with E-state index in [1.807, 2.05) is 12.1 Å². The van der Waals surface area contributed by atoms with Gasteiger partial charge in [0.15, 0.2) is 5.22 Å². The van der Waals surface area contributed by atoms with E-state index in [0.717, 1.165) is 29.0 Å². The van der Waals surface area contributed by atoms with Crippen LogP contribution in [0.2, 0.25) is 5.22 Å². The number of hydrogen-bond donors (Lipinski definition) is 1. The monoisotopic (exact) mass is 317 g/mol. The van der Waals surface area contributed by atoms with Gasteiger partial charge in [0, 0.05) is 0 Å². The van der Waals surface area contributed by atoms with Crippen molar-refractivity contribution in [2.75, 3.05) is 6.54 Å². The van der Waals surface area contributed by atoms with Gasteiger partial charge in [0.25, 0.3) is 0 Å². The molecule has 0 aliphatic rings. The summed E-state index contributed by atoms with van der Waals surface area (Å²) in [5, 5.41) is 3.75. The molecule has 0 fully saturated rings. The van der Waals surface area contributed by atoms with Crippen molar-refractivity contribution in [2.24, 2.45) is 0 Å². The van der Waals surface area contributed by atoms with Crippen LogP contribution in [0.4, 0.5) is 0 Å². The van der Waals surface area contributed by atoms with Gasteiger partial charge in [0.05, 0.1) is 10.7 Å². The first-order valence-electron chi connectivity index (χ1n) is 5.44. The molecule has 3 nitrogen and oxygen atoms in total. The molecule has 0 saturated heterocycles. The summed E-state index contributed by atoms with van der Waals surface area (Å²) in [4.78, 5) is 0. The first-order valence-corrected chi connectivity index (χ1v) is 6.61. The topological polar surface area (TPSA) is 38.3 Å². The van der Waals surface area contributed by atoms with Crippen molar-refractivity contribution < 1.29 is 8.83 Å². The average molecular weight is 319 g/mol. The Morgan fingerprint density at radius 3 is 2.76 bits per heavy atom. The van der Waals surface area contributed by atoms with E-state index in [1.165, 1.54) is 0 Å². The van der Waals surface area contributed by atoms with Gasteiger partial charge in [-0.05, 0) is 58.7 Å². The Kier molecular flexibility index (Phi) is 4.31. The highest BCUT2D eigenvalue weighted by Gasteiger charge is 2.22. The van der Waals surface area contributed by atoms with Gasteiger partial charge >= 0.3 is 0 Å². The highest BCUT2D eigenvalue weighted by molar-refractivity contribution is 9.10. The zero-order valence-electron chi connectivity index (χ0n) is 9.37. The molecule has 2 rings (SSSR count). The van der Waals surface area contributed by atoms with E-state index < -0.39 is 0 Å². The molecule has 92 valence electrons. The molecule has 1 N–H and O–H groups in total. The third-order valence-corrected chi connectivity index (χ3v) is 3.24. The SMILES string of the molecule is CCCNC(c1ccc(Cl)o1)c1occc1Br. The van der Waals surface area contributed by atoms with E-state index in [9.17, 15) is 0 Å². The summed E-state index contributed by atoms with van der Waals surface area (Å²) in [5.74, 6) is 1.54. The molecule has 0 spiro atoms. The number of rotatable bonds is 5. The van der Waals surface area contributed by atoms with Crippen molar-refractivity contribution in [3.63, 3.8) is 0 Å². The molecule has 17 heavy (non-hydrogen) atoms. The molecular weight excluding hydrogens is 305 g/mol. The zero-order valence-corrected chi connectivity index (χ0v) is 11.7. The van der Waals surface area contributed by atoms with E-state index in [2.05, 4.69) is 28.2 Å². The van der Waals surface area contributed by atoms with E-state index in [1.54, 1.807) is 12.3 Å². The van der Waals surface area contributed by atoms with Crippen molar-refractivity contribution >= 4 is 27.5 Å². The maximum Gasteiger partial charge on any atom is 0.193 e. The molecule has 2 aromatic rings. The van der Waals surface area contributed by atoms with Crippen molar-refractivity contribution in [1.82, 2.24) is 5.32 Å². The van der Waals surface area contributed by atoms with Gasteiger partial charge in [0.2, 0.25) is 0 Å². The second kappa shape index (κ2) is 5.76. The van der Waals surface area contributed by atoms with Gasteiger partial charge in [-0.2, -0.15) is 0 Å². The fourth-order valence-electron chi connectivity index (χ4n) is 1.61. The maximum atomic E-state index is 5.80. The fourth-order valence-corrected chi connectivity index (χ4v) is 2.19. The number of furan rings is 2. The van der Waals surface area contributed by atoms with E-state index in [4.69, 9.17) is 20.4 Å². The van der Waals surface area contributed by atoms with Crippen LogP contribution in [0, 0.1) is 0 Å². The molecule has 0 saturated carbocycles. The first-order chi connectivity index (χ1) is 8.22. The summed E-state index contributed by atoms with van der Waals surface area (Å²) in [6.45, 7) is 2.98. The van der Waals surface area contributed by atoms with Gasteiger partial charge in [0.1, 0.15) is 17.6 Å². The lowest BCUT2D eigenvalue weighted by Crippen LogP contribution is -2.22. The minimum absolute atomic E-state index is 0.119. The Labute approximate surface area is 113 Å². The molecule has 0 aliphatic carbocycles. The van der Waals surface area contributed by atoms with Crippen LogP contribution in [0.15, 0.2) is 37.8 Å². The zero-order chi connectivity index (χ0) is 12.3. The predicted octanol–water partition coefficient (Wildman–Crippen LogP) is 4.38. The lowest BCUT2D eigenvalue weighted by molar-refractivity contribution is 0.388. The fraction of sp³-hybridized carbons (Fsp3) is 0.333. The lowest BCUT2D eigenvalue weighted by atomic mass is 10.1. The highest BCUT2D eigenvalue weighted by Crippen LogP contribution is 2.31. The van der Waals surface area contributed by atoms with Crippen LogP contribution in [0.1, 0.15) is 30.9 Å². The summed E-state index contributed by atoms with van der Waals surface area (Å²) in [6.07, 6.45) is 2.67. The Balaban J connectivity index is 2.28. The van der Waals surface area contributed by atoms with E-state index in [-0.39, 0.29) is 6.04 Å². The second-order valence-electron chi connectivity index (χ2n) is 3.66.